The molecule has 0 bridgehead atoms. The van der Waals surface area contributed by atoms with E-state index in [1.54, 1.807) is 0 Å². The van der Waals surface area contributed by atoms with Crippen LogP contribution in [0.4, 0.5) is 0 Å². The molecule has 1 aliphatic rings. The van der Waals surface area contributed by atoms with Crippen LogP contribution in [0.1, 0.15) is 26.2 Å². The van der Waals surface area contributed by atoms with Crippen LogP contribution in [-0.4, -0.2) is 12.6 Å². The van der Waals surface area contributed by atoms with E-state index in [4.69, 9.17) is 4.74 Å². The predicted molar refractivity (Wildman–Crippen MR) is 34.0 cm³/mol. The number of rotatable bonds is 2. The van der Waals surface area contributed by atoms with E-state index in [-0.39, 0.29) is 11.9 Å². The van der Waals surface area contributed by atoms with Gasteiger partial charge < -0.3 is 4.74 Å². The van der Waals surface area contributed by atoms with Gasteiger partial charge in [-0.2, -0.15) is 0 Å². The summed E-state index contributed by atoms with van der Waals surface area (Å²) in [6, 6.07) is 0. The fourth-order valence-electron chi connectivity index (χ4n) is 1.15. The summed E-state index contributed by atoms with van der Waals surface area (Å²) in [6.45, 7) is 2.73. The van der Waals surface area contributed by atoms with Crippen molar-refractivity contribution in [3.63, 3.8) is 0 Å². The zero-order chi connectivity index (χ0) is 6.69. The summed E-state index contributed by atoms with van der Waals surface area (Å²) < 4.78 is 4.78. The number of ether oxygens (including phenoxy) is 1. The average molecular weight is 128 g/mol. The van der Waals surface area contributed by atoms with E-state index < -0.39 is 0 Å². The Morgan fingerprint density at radius 3 is 3.00 bits per heavy atom. The summed E-state index contributed by atoms with van der Waals surface area (Å²) in [6.07, 6.45) is 3.02. The van der Waals surface area contributed by atoms with E-state index in [0.29, 0.717) is 6.61 Å². The van der Waals surface area contributed by atoms with Gasteiger partial charge in [-0.15, -0.1) is 0 Å². The summed E-state index contributed by atoms with van der Waals surface area (Å²) in [5, 5.41) is 0. The molecule has 2 nitrogen and oxygen atoms in total. The molecule has 52 valence electrons. The lowest BCUT2D eigenvalue weighted by Crippen LogP contribution is -2.06. The molecule has 0 unspecified atom stereocenters. The summed E-state index contributed by atoms with van der Waals surface area (Å²) in [7, 11) is 0. The van der Waals surface area contributed by atoms with E-state index in [9.17, 15) is 4.79 Å². The van der Waals surface area contributed by atoms with Gasteiger partial charge >= 0.3 is 5.97 Å². The second-order valence-corrected chi connectivity index (χ2v) is 2.44. The Morgan fingerprint density at radius 1 is 1.78 bits per heavy atom. The van der Waals surface area contributed by atoms with Crippen LogP contribution in [0.3, 0.4) is 0 Å². The van der Waals surface area contributed by atoms with Gasteiger partial charge in [0.1, 0.15) is 0 Å². The van der Waals surface area contributed by atoms with Crippen LogP contribution in [0.25, 0.3) is 0 Å². The number of carbonyl (C=O) groups is 1. The highest BCUT2D eigenvalue weighted by Gasteiger charge is 2.24. The van der Waals surface area contributed by atoms with Crippen molar-refractivity contribution >= 4 is 5.97 Å². The Balaban J connectivity index is 2.31. The van der Waals surface area contributed by atoms with Crippen LogP contribution in [-0.2, 0) is 9.53 Å². The highest BCUT2D eigenvalue weighted by Crippen LogP contribution is 2.18. The fourth-order valence-corrected chi connectivity index (χ4v) is 1.15. The van der Waals surface area contributed by atoms with Crippen molar-refractivity contribution in [3.8, 4) is 0 Å². The molecule has 0 aromatic rings. The monoisotopic (exact) mass is 128 g/mol. The molecule has 0 aromatic heterocycles. The molecule has 0 N–H and O–H groups in total. The highest BCUT2D eigenvalue weighted by molar-refractivity contribution is 5.73. The van der Waals surface area contributed by atoms with Gasteiger partial charge in [-0.1, -0.05) is 13.3 Å². The van der Waals surface area contributed by atoms with Crippen LogP contribution >= 0.6 is 0 Å². The number of hydrogen-bond acceptors (Lipinski definition) is 2. The second kappa shape index (κ2) is 2.85. The Labute approximate surface area is 55.2 Å². The molecule has 1 rings (SSSR count). The molecule has 1 atom stereocenters. The Bertz CT molecular complexity index is 109. The second-order valence-electron chi connectivity index (χ2n) is 2.44. The molecule has 0 spiro atoms. The van der Waals surface area contributed by atoms with Gasteiger partial charge in [-0.05, 0) is 12.8 Å². The molecule has 1 saturated heterocycles. The lowest BCUT2D eigenvalue weighted by molar-refractivity contribution is -0.141. The van der Waals surface area contributed by atoms with Crippen molar-refractivity contribution in [1.29, 1.82) is 0 Å². The summed E-state index contributed by atoms with van der Waals surface area (Å²) in [4.78, 5) is 10.7. The zero-order valence-electron chi connectivity index (χ0n) is 5.72. The summed E-state index contributed by atoms with van der Waals surface area (Å²) in [5.74, 6) is 0.229. The van der Waals surface area contributed by atoms with Crippen LogP contribution < -0.4 is 0 Å². The van der Waals surface area contributed by atoms with Crippen molar-refractivity contribution in [2.45, 2.75) is 26.2 Å². The van der Waals surface area contributed by atoms with E-state index in [0.717, 1.165) is 19.3 Å². The van der Waals surface area contributed by atoms with E-state index in [1.165, 1.54) is 0 Å². The average Bonchev–Trinajstić information content (AvgIpc) is 2.18. The first-order valence-corrected chi connectivity index (χ1v) is 3.51. The van der Waals surface area contributed by atoms with Crippen LogP contribution in [0.15, 0.2) is 0 Å². The molecule has 1 fully saturated rings. The van der Waals surface area contributed by atoms with Crippen LogP contribution in [0.5, 0.6) is 0 Å². The first kappa shape index (κ1) is 6.59. The maximum Gasteiger partial charge on any atom is 0.309 e. The minimum absolute atomic E-state index is 0.0110. The molecule has 1 aliphatic heterocycles. The molecule has 0 amide bonds. The third kappa shape index (κ3) is 1.44. The minimum Gasteiger partial charge on any atom is -0.465 e. The molecule has 0 saturated carbocycles. The van der Waals surface area contributed by atoms with E-state index in [1.807, 2.05) is 0 Å². The molecule has 0 radical (unpaired) electrons. The van der Waals surface area contributed by atoms with Crippen molar-refractivity contribution in [1.82, 2.24) is 0 Å². The van der Waals surface area contributed by atoms with E-state index >= 15 is 0 Å². The maximum atomic E-state index is 10.7. The van der Waals surface area contributed by atoms with Gasteiger partial charge in [0, 0.05) is 0 Å². The molecule has 2 heteroatoms. The quantitative estimate of drug-likeness (QED) is 0.525. The van der Waals surface area contributed by atoms with E-state index in [2.05, 4.69) is 6.92 Å². The minimum atomic E-state index is 0.0110. The molecule has 0 aliphatic carbocycles. The van der Waals surface area contributed by atoms with Crippen LogP contribution in [0, 0.1) is 5.92 Å². The topological polar surface area (TPSA) is 26.3 Å². The molecule has 0 aromatic carbocycles. The Morgan fingerprint density at radius 2 is 2.56 bits per heavy atom. The van der Waals surface area contributed by atoms with Gasteiger partial charge in [0.15, 0.2) is 0 Å². The van der Waals surface area contributed by atoms with Crippen molar-refractivity contribution in [2.24, 2.45) is 5.92 Å². The smallest absolute Gasteiger partial charge is 0.309 e. The van der Waals surface area contributed by atoms with Gasteiger partial charge in [0.05, 0.1) is 12.5 Å². The standard InChI is InChI=1S/C7H12O2/c1-2-3-6-4-5-9-7(6)8/h6H,2-5H2,1H3/t6-/m0/s1. The molecular weight excluding hydrogens is 116 g/mol. The first-order chi connectivity index (χ1) is 4.34. The van der Waals surface area contributed by atoms with Gasteiger partial charge in [-0.25, -0.2) is 0 Å². The van der Waals surface area contributed by atoms with Crippen molar-refractivity contribution < 1.29 is 9.53 Å². The largest absolute Gasteiger partial charge is 0.465 e. The normalized spacial score (nSPS) is 26.3. The SMILES string of the molecule is CCC[C@H]1CCOC1=O. The number of hydrogen-bond donors (Lipinski definition) is 0. The van der Waals surface area contributed by atoms with Crippen molar-refractivity contribution in [3.05, 3.63) is 0 Å². The van der Waals surface area contributed by atoms with Gasteiger partial charge in [-0.3, -0.25) is 4.79 Å². The molecule has 1 heterocycles. The van der Waals surface area contributed by atoms with Gasteiger partial charge in [0.2, 0.25) is 0 Å². The van der Waals surface area contributed by atoms with Crippen LogP contribution in [0.2, 0.25) is 0 Å². The number of cyclic esters (lactones) is 1. The molecule has 9 heavy (non-hydrogen) atoms. The van der Waals surface area contributed by atoms with Gasteiger partial charge in [0.25, 0.3) is 0 Å². The van der Waals surface area contributed by atoms with Crippen molar-refractivity contribution in [2.75, 3.05) is 6.61 Å². The summed E-state index contributed by atoms with van der Waals surface area (Å²) >= 11 is 0. The first-order valence-electron chi connectivity index (χ1n) is 3.51. The number of carbonyl (C=O) groups excluding carboxylic acids is 1. The lowest BCUT2D eigenvalue weighted by Gasteiger charge is -1.99. The highest BCUT2D eigenvalue weighted by atomic mass is 16.5. The third-order valence-electron chi connectivity index (χ3n) is 1.68. The Hall–Kier alpha value is -0.530. The number of esters is 1. The fraction of sp³-hybridized carbons (Fsp3) is 0.857. The Kier molecular flexibility index (Phi) is 2.09. The third-order valence-corrected chi connectivity index (χ3v) is 1.68. The maximum absolute atomic E-state index is 10.7. The zero-order valence-corrected chi connectivity index (χ0v) is 5.72. The summed E-state index contributed by atoms with van der Waals surface area (Å²) in [5.41, 5.74) is 0. The predicted octanol–water partition coefficient (Wildman–Crippen LogP) is 1.35. The molecular formula is C7H12O2. The lowest BCUT2D eigenvalue weighted by atomic mass is 10.0.